The molecule has 1 aromatic carbocycles. The van der Waals surface area contributed by atoms with E-state index in [-0.39, 0.29) is 5.78 Å². The Morgan fingerprint density at radius 3 is 2.59 bits per heavy atom. The van der Waals surface area contributed by atoms with Gasteiger partial charge in [-0.25, -0.2) is 0 Å². The van der Waals surface area contributed by atoms with E-state index in [4.69, 9.17) is 4.42 Å². The van der Waals surface area contributed by atoms with Crippen LogP contribution in [0.3, 0.4) is 0 Å². The number of aryl methyl sites for hydroxylation is 2. The van der Waals surface area contributed by atoms with E-state index in [2.05, 4.69) is 35.8 Å². The number of hydrogen-bond acceptors (Lipinski definition) is 2. The summed E-state index contributed by atoms with van der Waals surface area (Å²) in [5.74, 6) is 0.0638. The van der Waals surface area contributed by atoms with Crippen LogP contribution in [0.4, 0.5) is 0 Å². The first-order valence-electron chi connectivity index (χ1n) is 5.40. The number of carbonyl (C=O) groups excluding carboxylic acids is 1. The lowest BCUT2D eigenvalue weighted by Gasteiger charge is -2.04. The number of benzene rings is 1. The highest BCUT2D eigenvalue weighted by Gasteiger charge is 2.13. The Morgan fingerprint density at radius 2 is 2.00 bits per heavy atom. The summed E-state index contributed by atoms with van der Waals surface area (Å²) >= 11 is 3.22. The Kier molecular flexibility index (Phi) is 3.48. The normalized spacial score (nSPS) is 10.5. The molecule has 88 valence electrons. The summed E-state index contributed by atoms with van der Waals surface area (Å²) in [6.07, 6.45) is 1.91. The second-order valence-electron chi connectivity index (χ2n) is 4.13. The van der Waals surface area contributed by atoms with Crippen LogP contribution in [0.2, 0.25) is 0 Å². The van der Waals surface area contributed by atoms with E-state index in [9.17, 15) is 4.79 Å². The number of ketones is 1. The number of carbonyl (C=O) groups is 1. The summed E-state index contributed by atoms with van der Waals surface area (Å²) < 4.78 is 5.57. The van der Waals surface area contributed by atoms with Crippen molar-refractivity contribution in [3.63, 3.8) is 0 Å². The highest BCUT2D eigenvalue weighted by Crippen LogP contribution is 2.20. The van der Waals surface area contributed by atoms with Gasteiger partial charge < -0.3 is 4.42 Å². The van der Waals surface area contributed by atoms with Crippen molar-refractivity contribution in [3.05, 3.63) is 57.5 Å². The Labute approximate surface area is 109 Å². The van der Waals surface area contributed by atoms with Crippen LogP contribution in [0.15, 0.2) is 39.6 Å². The topological polar surface area (TPSA) is 30.2 Å². The van der Waals surface area contributed by atoms with Crippen molar-refractivity contribution in [1.82, 2.24) is 0 Å². The van der Waals surface area contributed by atoms with Crippen LogP contribution in [-0.2, 0) is 6.42 Å². The van der Waals surface area contributed by atoms with Crippen molar-refractivity contribution in [1.29, 1.82) is 0 Å². The number of Topliss-reactive ketones (excluding diaryl/α,β-unsaturated/α-hetero) is 1. The summed E-state index contributed by atoms with van der Waals surface area (Å²) in [6, 6.07) is 7.78. The average Bonchev–Trinajstić information content (AvgIpc) is 2.70. The molecule has 0 radical (unpaired) electrons. The van der Waals surface area contributed by atoms with E-state index in [0.29, 0.717) is 16.7 Å². The van der Waals surface area contributed by atoms with Gasteiger partial charge in [0, 0.05) is 6.42 Å². The molecular formula is C14H13BrO2. The van der Waals surface area contributed by atoms with Gasteiger partial charge in [0.1, 0.15) is 0 Å². The smallest absolute Gasteiger partial charge is 0.179 e. The van der Waals surface area contributed by atoms with Crippen LogP contribution in [0.1, 0.15) is 27.0 Å². The van der Waals surface area contributed by atoms with Crippen molar-refractivity contribution in [2.75, 3.05) is 0 Å². The van der Waals surface area contributed by atoms with Crippen LogP contribution in [0.5, 0.6) is 0 Å². The van der Waals surface area contributed by atoms with Crippen LogP contribution < -0.4 is 0 Å². The molecule has 0 N–H and O–H groups in total. The molecule has 0 aliphatic heterocycles. The SMILES string of the molecule is Cc1ccc(CC(=O)c2ccoc2Br)cc1C. The van der Waals surface area contributed by atoms with Gasteiger partial charge in [-0.2, -0.15) is 0 Å². The summed E-state index contributed by atoms with van der Waals surface area (Å²) in [7, 11) is 0. The maximum absolute atomic E-state index is 12.0. The fourth-order valence-electron chi connectivity index (χ4n) is 1.69. The molecule has 1 heterocycles. The van der Waals surface area contributed by atoms with Gasteiger partial charge in [0.15, 0.2) is 10.5 Å². The van der Waals surface area contributed by atoms with Gasteiger partial charge in [0.25, 0.3) is 0 Å². The minimum atomic E-state index is 0.0638. The maximum Gasteiger partial charge on any atom is 0.179 e. The standard InChI is InChI=1S/C14H13BrO2/c1-9-3-4-11(7-10(9)2)8-13(16)12-5-6-17-14(12)15/h3-7H,8H2,1-2H3. The van der Waals surface area contributed by atoms with Crippen molar-refractivity contribution in [2.45, 2.75) is 20.3 Å². The molecule has 0 unspecified atom stereocenters. The molecule has 3 heteroatoms. The molecule has 0 fully saturated rings. The van der Waals surface area contributed by atoms with Gasteiger partial charge in [0.05, 0.1) is 11.8 Å². The van der Waals surface area contributed by atoms with E-state index in [1.54, 1.807) is 6.07 Å². The molecule has 0 amide bonds. The van der Waals surface area contributed by atoms with Gasteiger partial charge in [-0.15, -0.1) is 0 Å². The minimum absolute atomic E-state index is 0.0638. The Hall–Kier alpha value is -1.35. The van der Waals surface area contributed by atoms with Crippen molar-refractivity contribution in [2.24, 2.45) is 0 Å². The fraction of sp³-hybridized carbons (Fsp3) is 0.214. The quantitative estimate of drug-likeness (QED) is 0.798. The van der Waals surface area contributed by atoms with Gasteiger partial charge in [-0.05, 0) is 52.5 Å². The minimum Gasteiger partial charge on any atom is -0.457 e. The van der Waals surface area contributed by atoms with Crippen molar-refractivity contribution < 1.29 is 9.21 Å². The largest absolute Gasteiger partial charge is 0.457 e. The zero-order valence-electron chi connectivity index (χ0n) is 9.79. The number of furan rings is 1. The zero-order chi connectivity index (χ0) is 12.4. The molecule has 0 aliphatic carbocycles. The lowest BCUT2D eigenvalue weighted by Crippen LogP contribution is -2.03. The predicted octanol–water partition coefficient (Wildman–Crippen LogP) is 4.08. The summed E-state index contributed by atoms with van der Waals surface area (Å²) in [5, 5.41) is 0. The Bertz CT molecular complexity index is 555. The third-order valence-corrected chi connectivity index (χ3v) is 3.47. The molecule has 2 aromatic rings. The second-order valence-corrected chi connectivity index (χ2v) is 4.85. The van der Waals surface area contributed by atoms with Gasteiger partial charge >= 0.3 is 0 Å². The van der Waals surface area contributed by atoms with E-state index in [1.807, 2.05) is 12.1 Å². The summed E-state index contributed by atoms with van der Waals surface area (Å²) in [4.78, 5) is 12.0. The van der Waals surface area contributed by atoms with Crippen molar-refractivity contribution in [3.8, 4) is 0 Å². The van der Waals surface area contributed by atoms with Crippen LogP contribution in [0, 0.1) is 13.8 Å². The monoisotopic (exact) mass is 292 g/mol. The fourth-order valence-corrected chi connectivity index (χ4v) is 2.15. The molecule has 2 rings (SSSR count). The van der Waals surface area contributed by atoms with E-state index in [1.165, 1.54) is 17.4 Å². The molecule has 1 aromatic heterocycles. The Balaban J connectivity index is 2.19. The highest BCUT2D eigenvalue weighted by atomic mass is 79.9. The molecular weight excluding hydrogens is 280 g/mol. The molecule has 0 saturated heterocycles. The zero-order valence-corrected chi connectivity index (χ0v) is 11.4. The molecule has 0 atom stereocenters. The summed E-state index contributed by atoms with van der Waals surface area (Å²) in [5.41, 5.74) is 4.08. The third-order valence-electron chi connectivity index (χ3n) is 2.85. The second kappa shape index (κ2) is 4.88. The number of rotatable bonds is 3. The highest BCUT2D eigenvalue weighted by molar-refractivity contribution is 9.10. The number of halogens is 1. The Morgan fingerprint density at radius 1 is 1.24 bits per heavy atom. The first-order valence-corrected chi connectivity index (χ1v) is 6.19. The van der Waals surface area contributed by atoms with Crippen molar-refractivity contribution >= 4 is 21.7 Å². The lowest BCUT2D eigenvalue weighted by atomic mass is 10.0. The van der Waals surface area contributed by atoms with E-state index in [0.717, 1.165) is 5.56 Å². The molecule has 17 heavy (non-hydrogen) atoms. The van der Waals surface area contributed by atoms with Crippen LogP contribution in [-0.4, -0.2) is 5.78 Å². The molecule has 0 saturated carbocycles. The van der Waals surface area contributed by atoms with Gasteiger partial charge in [-0.1, -0.05) is 18.2 Å². The predicted molar refractivity (Wildman–Crippen MR) is 70.4 cm³/mol. The molecule has 2 nitrogen and oxygen atoms in total. The molecule has 0 aliphatic rings. The first kappa shape index (κ1) is 12.1. The lowest BCUT2D eigenvalue weighted by molar-refractivity contribution is 0.0991. The molecule has 0 bridgehead atoms. The van der Waals surface area contributed by atoms with Gasteiger partial charge in [0.2, 0.25) is 0 Å². The van der Waals surface area contributed by atoms with Crippen LogP contribution >= 0.6 is 15.9 Å². The average molecular weight is 293 g/mol. The van der Waals surface area contributed by atoms with Crippen LogP contribution in [0.25, 0.3) is 0 Å². The van der Waals surface area contributed by atoms with Gasteiger partial charge in [-0.3, -0.25) is 4.79 Å². The number of hydrogen-bond donors (Lipinski definition) is 0. The first-order chi connectivity index (χ1) is 8.08. The van der Waals surface area contributed by atoms with E-state index < -0.39 is 0 Å². The summed E-state index contributed by atoms with van der Waals surface area (Å²) in [6.45, 7) is 4.12. The maximum atomic E-state index is 12.0. The molecule has 0 spiro atoms. The third kappa shape index (κ3) is 2.67. The van der Waals surface area contributed by atoms with E-state index >= 15 is 0 Å².